The van der Waals surface area contributed by atoms with Gasteiger partial charge in [-0.3, -0.25) is 4.79 Å². The molecule has 3 heteroatoms. The minimum atomic E-state index is -0.347. The van der Waals surface area contributed by atoms with Gasteiger partial charge in [0.15, 0.2) is 0 Å². The number of hydrogen-bond acceptors (Lipinski definition) is 2. The number of carbonyl (C=O) groups is 1. The predicted octanol–water partition coefficient (Wildman–Crippen LogP) is 1.28. The highest BCUT2D eigenvalue weighted by molar-refractivity contribution is 5.81. The molecule has 15 heavy (non-hydrogen) atoms. The first kappa shape index (κ1) is 10.9. The van der Waals surface area contributed by atoms with E-state index in [0.717, 1.165) is 12.5 Å². The van der Waals surface area contributed by atoms with Crippen LogP contribution in [0.1, 0.15) is 39.5 Å². The van der Waals surface area contributed by atoms with Gasteiger partial charge in [0.1, 0.15) is 0 Å². The van der Waals surface area contributed by atoms with Crippen LogP contribution in [0.3, 0.4) is 0 Å². The summed E-state index contributed by atoms with van der Waals surface area (Å²) in [7, 11) is 0. The first-order chi connectivity index (χ1) is 7.05. The second kappa shape index (κ2) is 3.78. The molecule has 2 saturated carbocycles. The first-order valence-corrected chi connectivity index (χ1v) is 6.08. The maximum Gasteiger partial charge on any atom is 0.237 e. The molecule has 3 nitrogen and oxygen atoms in total. The van der Waals surface area contributed by atoms with E-state index in [2.05, 4.69) is 5.32 Å². The van der Waals surface area contributed by atoms with Crippen LogP contribution >= 0.6 is 0 Å². The third kappa shape index (κ3) is 2.33. The van der Waals surface area contributed by atoms with E-state index in [1.165, 1.54) is 25.7 Å². The Kier molecular flexibility index (Phi) is 2.75. The van der Waals surface area contributed by atoms with Crippen molar-refractivity contribution >= 4 is 5.91 Å². The van der Waals surface area contributed by atoms with Gasteiger partial charge in [0.2, 0.25) is 5.91 Å². The topological polar surface area (TPSA) is 55.1 Å². The Morgan fingerprint density at radius 2 is 2.07 bits per heavy atom. The van der Waals surface area contributed by atoms with Crippen LogP contribution in [0.4, 0.5) is 0 Å². The molecule has 2 aliphatic carbocycles. The second-order valence-electron chi connectivity index (χ2n) is 5.62. The maximum absolute atomic E-state index is 11.7. The third-order valence-corrected chi connectivity index (χ3v) is 3.97. The van der Waals surface area contributed by atoms with Crippen LogP contribution in [0.15, 0.2) is 0 Å². The van der Waals surface area contributed by atoms with E-state index in [4.69, 9.17) is 5.73 Å². The van der Waals surface area contributed by atoms with Crippen molar-refractivity contribution < 1.29 is 4.79 Å². The van der Waals surface area contributed by atoms with Gasteiger partial charge in [-0.15, -0.1) is 0 Å². The van der Waals surface area contributed by atoms with Crippen LogP contribution < -0.4 is 11.1 Å². The zero-order valence-electron chi connectivity index (χ0n) is 9.75. The summed E-state index contributed by atoms with van der Waals surface area (Å²) in [5.41, 5.74) is 6.27. The molecule has 2 rings (SSSR count). The predicted molar refractivity (Wildman–Crippen MR) is 60.2 cm³/mol. The van der Waals surface area contributed by atoms with Gasteiger partial charge in [-0.1, -0.05) is 13.8 Å². The Labute approximate surface area is 91.8 Å². The zero-order valence-corrected chi connectivity index (χ0v) is 9.75. The van der Waals surface area contributed by atoms with E-state index in [1.807, 2.05) is 13.8 Å². The number of nitrogens with two attached hydrogens (primary N) is 1. The van der Waals surface area contributed by atoms with Crippen molar-refractivity contribution in [2.24, 2.45) is 23.0 Å². The van der Waals surface area contributed by atoms with Gasteiger partial charge in [0.05, 0.1) is 6.04 Å². The van der Waals surface area contributed by atoms with E-state index in [0.29, 0.717) is 5.41 Å². The van der Waals surface area contributed by atoms with Crippen LogP contribution in [-0.2, 0) is 4.79 Å². The van der Waals surface area contributed by atoms with Gasteiger partial charge < -0.3 is 11.1 Å². The van der Waals surface area contributed by atoms with Crippen molar-refractivity contribution in [3.63, 3.8) is 0 Å². The molecule has 1 amide bonds. The molecule has 0 aromatic rings. The molecule has 3 N–H and O–H groups in total. The molecule has 86 valence electrons. The fourth-order valence-corrected chi connectivity index (χ4v) is 2.27. The Morgan fingerprint density at radius 3 is 2.47 bits per heavy atom. The monoisotopic (exact) mass is 210 g/mol. The van der Waals surface area contributed by atoms with E-state index in [1.54, 1.807) is 0 Å². The average Bonchev–Trinajstić information content (AvgIpc) is 3.01. The molecule has 2 aliphatic rings. The highest BCUT2D eigenvalue weighted by Gasteiger charge is 2.53. The summed E-state index contributed by atoms with van der Waals surface area (Å²) in [5.74, 6) is 1.14. The summed E-state index contributed by atoms with van der Waals surface area (Å²) in [6.45, 7) is 4.83. The van der Waals surface area contributed by atoms with Crippen molar-refractivity contribution in [2.75, 3.05) is 6.54 Å². The highest BCUT2D eigenvalue weighted by atomic mass is 16.2. The Balaban J connectivity index is 1.75. The van der Waals surface area contributed by atoms with Gasteiger partial charge >= 0.3 is 0 Å². The fraction of sp³-hybridized carbons (Fsp3) is 0.917. The lowest BCUT2D eigenvalue weighted by molar-refractivity contribution is -0.123. The minimum Gasteiger partial charge on any atom is -0.354 e. The normalized spacial score (nSPS) is 25.1. The summed E-state index contributed by atoms with van der Waals surface area (Å²) in [4.78, 5) is 11.7. The standard InChI is InChI=1S/C12H22N2O/c1-8(2)10(13)11(15)14-7-12(5-6-12)9-3-4-9/h8-10H,3-7,13H2,1-2H3,(H,14,15)/t10-/m1/s1. The zero-order chi connectivity index (χ0) is 11.1. The van der Waals surface area contributed by atoms with E-state index in [-0.39, 0.29) is 17.9 Å². The summed E-state index contributed by atoms with van der Waals surface area (Å²) in [5, 5.41) is 3.02. The molecule has 0 aromatic heterocycles. The number of rotatable bonds is 5. The smallest absolute Gasteiger partial charge is 0.237 e. The van der Waals surface area contributed by atoms with Gasteiger partial charge in [0, 0.05) is 6.54 Å². The van der Waals surface area contributed by atoms with Crippen molar-refractivity contribution in [1.82, 2.24) is 5.32 Å². The molecule has 2 fully saturated rings. The lowest BCUT2D eigenvalue weighted by atomic mass is 9.99. The van der Waals surface area contributed by atoms with E-state index >= 15 is 0 Å². The van der Waals surface area contributed by atoms with Crippen LogP contribution in [0.25, 0.3) is 0 Å². The number of amides is 1. The SMILES string of the molecule is CC(C)[C@@H](N)C(=O)NCC1(C2CC2)CC1. The van der Waals surface area contributed by atoms with Crippen LogP contribution in [0, 0.1) is 17.3 Å². The molecular weight excluding hydrogens is 188 g/mol. The summed E-state index contributed by atoms with van der Waals surface area (Å²) < 4.78 is 0. The van der Waals surface area contributed by atoms with Crippen LogP contribution in [0.2, 0.25) is 0 Å². The van der Waals surface area contributed by atoms with E-state index in [9.17, 15) is 4.79 Å². The number of nitrogens with one attached hydrogen (secondary N) is 1. The quantitative estimate of drug-likeness (QED) is 0.718. The summed E-state index contributed by atoms with van der Waals surface area (Å²) in [6, 6.07) is -0.347. The molecule has 0 heterocycles. The lowest BCUT2D eigenvalue weighted by Gasteiger charge is -2.19. The fourth-order valence-electron chi connectivity index (χ4n) is 2.27. The van der Waals surface area contributed by atoms with Gasteiger partial charge in [-0.05, 0) is 42.9 Å². The Morgan fingerprint density at radius 1 is 1.47 bits per heavy atom. The highest BCUT2D eigenvalue weighted by Crippen LogP contribution is 2.60. The number of hydrogen-bond donors (Lipinski definition) is 2. The van der Waals surface area contributed by atoms with Crippen molar-refractivity contribution in [2.45, 2.75) is 45.6 Å². The molecule has 0 saturated heterocycles. The van der Waals surface area contributed by atoms with Crippen molar-refractivity contribution in [1.29, 1.82) is 0 Å². The van der Waals surface area contributed by atoms with Crippen LogP contribution in [-0.4, -0.2) is 18.5 Å². The Bertz CT molecular complexity index is 254. The molecule has 0 radical (unpaired) electrons. The van der Waals surface area contributed by atoms with Gasteiger partial charge in [-0.25, -0.2) is 0 Å². The largest absolute Gasteiger partial charge is 0.354 e. The molecule has 0 aliphatic heterocycles. The Hall–Kier alpha value is -0.570. The van der Waals surface area contributed by atoms with E-state index < -0.39 is 0 Å². The molecule has 0 bridgehead atoms. The maximum atomic E-state index is 11.7. The lowest BCUT2D eigenvalue weighted by Crippen LogP contribution is -2.45. The molecule has 0 spiro atoms. The minimum absolute atomic E-state index is 0.0249. The number of carbonyl (C=O) groups excluding carboxylic acids is 1. The van der Waals surface area contributed by atoms with Crippen LogP contribution in [0.5, 0.6) is 0 Å². The van der Waals surface area contributed by atoms with Crippen molar-refractivity contribution in [3.8, 4) is 0 Å². The van der Waals surface area contributed by atoms with Gasteiger partial charge in [0.25, 0.3) is 0 Å². The molecule has 0 aromatic carbocycles. The average molecular weight is 210 g/mol. The summed E-state index contributed by atoms with van der Waals surface area (Å²) in [6.07, 6.45) is 5.34. The third-order valence-electron chi connectivity index (χ3n) is 3.97. The van der Waals surface area contributed by atoms with Gasteiger partial charge in [-0.2, -0.15) is 0 Å². The first-order valence-electron chi connectivity index (χ1n) is 6.08. The van der Waals surface area contributed by atoms with Crippen molar-refractivity contribution in [3.05, 3.63) is 0 Å². The summed E-state index contributed by atoms with van der Waals surface area (Å²) >= 11 is 0. The molecule has 1 atom stereocenters. The second-order valence-corrected chi connectivity index (χ2v) is 5.62. The molecule has 0 unspecified atom stereocenters. The molecular formula is C12H22N2O.